The van der Waals surface area contributed by atoms with Crippen molar-refractivity contribution in [3.8, 4) is 11.8 Å². The molecule has 1 amide bonds. The Balaban J connectivity index is 1.22. The van der Waals surface area contributed by atoms with E-state index in [-0.39, 0.29) is 11.9 Å². The van der Waals surface area contributed by atoms with Crippen LogP contribution in [0.25, 0.3) is 10.9 Å². The van der Waals surface area contributed by atoms with E-state index in [1.54, 1.807) is 24.5 Å². The van der Waals surface area contributed by atoms with Gasteiger partial charge in [-0.1, -0.05) is 24.3 Å². The van der Waals surface area contributed by atoms with Crippen LogP contribution in [0, 0.1) is 5.92 Å². The minimum Gasteiger partial charge on any atom is -0.424 e. The van der Waals surface area contributed by atoms with Crippen LogP contribution in [-0.2, 0) is 6.42 Å². The van der Waals surface area contributed by atoms with Gasteiger partial charge in [0.1, 0.15) is 5.75 Å². The van der Waals surface area contributed by atoms with Gasteiger partial charge in [0.15, 0.2) is 0 Å². The number of fused-ring (bicyclic) bond motifs is 1. The van der Waals surface area contributed by atoms with Crippen LogP contribution < -0.4 is 4.74 Å². The maximum absolute atomic E-state index is 13.2. The molecule has 0 radical (unpaired) electrons. The third kappa shape index (κ3) is 5.17. The van der Waals surface area contributed by atoms with Crippen LogP contribution in [0.3, 0.4) is 0 Å². The van der Waals surface area contributed by atoms with Crippen molar-refractivity contribution in [3.63, 3.8) is 0 Å². The molecule has 33 heavy (non-hydrogen) atoms. The van der Waals surface area contributed by atoms with Gasteiger partial charge in [-0.2, -0.15) is 0 Å². The van der Waals surface area contributed by atoms with Crippen LogP contribution in [0.5, 0.6) is 11.8 Å². The topological polar surface area (TPSA) is 68.2 Å². The first-order valence-corrected chi connectivity index (χ1v) is 11.4. The number of pyridine rings is 1. The van der Waals surface area contributed by atoms with Crippen LogP contribution in [0.2, 0.25) is 0 Å². The summed E-state index contributed by atoms with van der Waals surface area (Å²) >= 11 is 0. The summed E-state index contributed by atoms with van der Waals surface area (Å²) in [6.45, 7) is 1.54. The fourth-order valence-corrected chi connectivity index (χ4v) is 4.45. The first kappa shape index (κ1) is 21.1. The van der Waals surface area contributed by atoms with Crippen molar-refractivity contribution in [1.29, 1.82) is 0 Å². The van der Waals surface area contributed by atoms with E-state index in [0.717, 1.165) is 44.3 Å². The minimum atomic E-state index is 0.0439. The lowest BCUT2D eigenvalue weighted by Crippen LogP contribution is -2.32. The zero-order valence-electron chi connectivity index (χ0n) is 18.4. The highest BCUT2D eigenvalue weighted by Crippen LogP contribution is 2.25. The van der Waals surface area contributed by atoms with Crippen LogP contribution in [0.15, 0.2) is 79.3 Å². The maximum atomic E-state index is 13.2. The number of amides is 1. The molecule has 2 aromatic carbocycles. The third-order valence-electron chi connectivity index (χ3n) is 6.14. The number of ether oxygens (including phenoxy) is 1. The Labute approximate surface area is 193 Å². The van der Waals surface area contributed by atoms with Crippen molar-refractivity contribution in [2.45, 2.75) is 25.7 Å². The van der Waals surface area contributed by atoms with Gasteiger partial charge in [0.25, 0.3) is 5.91 Å². The molecule has 0 bridgehead atoms. The van der Waals surface area contributed by atoms with E-state index in [1.807, 2.05) is 41.4 Å². The van der Waals surface area contributed by atoms with E-state index in [4.69, 9.17) is 4.74 Å². The number of nitrogens with zero attached hydrogens (tertiary/aromatic N) is 4. The van der Waals surface area contributed by atoms with Gasteiger partial charge in [-0.3, -0.25) is 9.78 Å². The Morgan fingerprint density at radius 1 is 0.939 bits per heavy atom. The summed E-state index contributed by atoms with van der Waals surface area (Å²) in [5, 5.41) is 1.18. The molecule has 3 heterocycles. The van der Waals surface area contributed by atoms with E-state index in [0.29, 0.717) is 17.2 Å². The Hall–Kier alpha value is -3.80. The Morgan fingerprint density at radius 3 is 2.73 bits per heavy atom. The molecule has 1 saturated heterocycles. The average Bonchev–Trinajstić information content (AvgIpc) is 3.10. The largest absolute Gasteiger partial charge is 0.424 e. The van der Waals surface area contributed by atoms with Crippen LogP contribution >= 0.6 is 0 Å². The molecule has 6 heteroatoms. The molecule has 1 atom stereocenters. The number of likely N-dealkylation sites (tertiary alicyclic amines) is 1. The van der Waals surface area contributed by atoms with Crippen molar-refractivity contribution in [3.05, 3.63) is 90.4 Å². The Bertz CT molecular complexity index is 1250. The normalized spacial score (nSPS) is 16.4. The second kappa shape index (κ2) is 9.77. The second-order valence-corrected chi connectivity index (χ2v) is 8.49. The molecule has 0 spiro atoms. The van der Waals surface area contributed by atoms with Crippen molar-refractivity contribution in [2.24, 2.45) is 5.92 Å². The van der Waals surface area contributed by atoms with Crippen LogP contribution in [-0.4, -0.2) is 38.8 Å². The molecule has 0 N–H and O–H groups in total. The van der Waals surface area contributed by atoms with Gasteiger partial charge in [-0.15, -0.1) is 0 Å². The molecular formula is C27H26N4O2. The molecule has 5 rings (SSSR count). The van der Waals surface area contributed by atoms with E-state index >= 15 is 0 Å². The van der Waals surface area contributed by atoms with E-state index in [1.165, 1.54) is 10.9 Å². The number of para-hydroxylation sites is 1. The number of hydrogen-bond donors (Lipinski definition) is 0. The highest BCUT2D eigenvalue weighted by Gasteiger charge is 2.22. The standard InChI is InChI=1S/C27H26N4O2/c32-26(23-8-3-9-24(18-23)33-27-28-12-5-13-29-27)31-14-4-6-20(11-15-31)16-21-17-22-7-1-2-10-25(22)30-19-21/h1-3,5,7-10,12-13,17-20H,4,6,11,14-16H2. The van der Waals surface area contributed by atoms with Gasteiger partial charge < -0.3 is 9.64 Å². The average molecular weight is 439 g/mol. The van der Waals surface area contributed by atoms with Gasteiger partial charge in [0, 0.05) is 42.6 Å². The quantitative estimate of drug-likeness (QED) is 0.423. The summed E-state index contributed by atoms with van der Waals surface area (Å²) in [5.74, 6) is 1.15. The maximum Gasteiger partial charge on any atom is 0.321 e. The fraction of sp³-hybridized carbons (Fsp3) is 0.259. The first-order valence-electron chi connectivity index (χ1n) is 11.4. The zero-order chi connectivity index (χ0) is 22.5. The van der Waals surface area contributed by atoms with E-state index in [9.17, 15) is 4.79 Å². The molecule has 2 aromatic heterocycles. The van der Waals surface area contributed by atoms with Gasteiger partial charge in [0.2, 0.25) is 0 Å². The SMILES string of the molecule is O=C(c1cccc(Oc2ncccn2)c1)N1CCCC(Cc2cnc3ccccc3c2)CC1. The molecule has 0 saturated carbocycles. The van der Waals surface area contributed by atoms with Crippen molar-refractivity contribution in [1.82, 2.24) is 19.9 Å². The molecule has 4 aromatic rings. The molecular weight excluding hydrogens is 412 g/mol. The molecule has 1 unspecified atom stereocenters. The van der Waals surface area contributed by atoms with Gasteiger partial charge in [-0.05, 0) is 73.6 Å². The van der Waals surface area contributed by atoms with Crippen LogP contribution in [0.1, 0.15) is 35.2 Å². The first-order chi connectivity index (χ1) is 16.2. The predicted octanol–water partition coefficient (Wildman–Crippen LogP) is 5.30. The summed E-state index contributed by atoms with van der Waals surface area (Å²) in [6.07, 6.45) is 9.36. The van der Waals surface area contributed by atoms with Crippen LogP contribution in [0.4, 0.5) is 0 Å². The highest BCUT2D eigenvalue weighted by molar-refractivity contribution is 5.94. The number of carbonyl (C=O) groups excluding carboxylic acids is 1. The second-order valence-electron chi connectivity index (χ2n) is 8.49. The molecule has 166 valence electrons. The lowest BCUT2D eigenvalue weighted by Gasteiger charge is -2.21. The Morgan fingerprint density at radius 2 is 1.82 bits per heavy atom. The minimum absolute atomic E-state index is 0.0439. The Kier molecular flexibility index (Phi) is 6.24. The predicted molar refractivity (Wildman–Crippen MR) is 127 cm³/mol. The molecule has 6 nitrogen and oxygen atoms in total. The number of benzene rings is 2. The van der Waals surface area contributed by atoms with Gasteiger partial charge in [0.05, 0.1) is 5.52 Å². The summed E-state index contributed by atoms with van der Waals surface area (Å²) in [6, 6.07) is 19.7. The van der Waals surface area contributed by atoms with Crippen molar-refractivity contribution in [2.75, 3.05) is 13.1 Å². The monoisotopic (exact) mass is 438 g/mol. The van der Waals surface area contributed by atoms with Gasteiger partial charge >= 0.3 is 6.01 Å². The smallest absolute Gasteiger partial charge is 0.321 e. The molecule has 1 fully saturated rings. The van der Waals surface area contributed by atoms with Crippen molar-refractivity contribution >= 4 is 16.8 Å². The summed E-state index contributed by atoms with van der Waals surface area (Å²) in [5.41, 5.74) is 2.93. The number of rotatable bonds is 5. The zero-order valence-corrected chi connectivity index (χ0v) is 18.4. The number of carbonyl (C=O) groups is 1. The summed E-state index contributed by atoms with van der Waals surface area (Å²) < 4.78 is 5.70. The summed E-state index contributed by atoms with van der Waals surface area (Å²) in [7, 11) is 0. The molecule has 1 aliphatic heterocycles. The lowest BCUT2D eigenvalue weighted by molar-refractivity contribution is 0.0759. The highest BCUT2D eigenvalue weighted by atomic mass is 16.5. The molecule has 0 aliphatic carbocycles. The molecule has 1 aliphatic rings. The number of aromatic nitrogens is 3. The van der Waals surface area contributed by atoms with Gasteiger partial charge in [-0.25, -0.2) is 9.97 Å². The van der Waals surface area contributed by atoms with E-state index in [2.05, 4.69) is 33.2 Å². The summed E-state index contributed by atoms with van der Waals surface area (Å²) in [4.78, 5) is 27.9. The third-order valence-corrected chi connectivity index (χ3v) is 6.14. The lowest BCUT2D eigenvalue weighted by atomic mass is 9.93. The van der Waals surface area contributed by atoms with Crippen molar-refractivity contribution < 1.29 is 9.53 Å². The fourth-order valence-electron chi connectivity index (χ4n) is 4.45. The number of hydrogen-bond acceptors (Lipinski definition) is 5. The van der Waals surface area contributed by atoms with E-state index < -0.39 is 0 Å².